The van der Waals surface area contributed by atoms with E-state index < -0.39 is 24.7 Å². The highest BCUT2D eigenvalue weighted by Crippen LogP contribution is 2.41. The zero-order valence-corrected chi connectivity index (χ0v) is 23.7. The number of aromatic nitrogens is 2. The maximum atomic E-state index is 13.2. The number of hydrogen-bond acceptors (Lipinski definition) is 6. The lowest BCUT2D eigenvalue weighted by atomic mass is 10.0. The topological polar surface area (TPSA) is 131 Å². The molecule has 1 rings (SSSR count). The van der Waals surface area contributed by atoms with Crippen LogP contribution in [0.1, 0.15) is 96.3 Å². The molecule has 0 aliphatic heterocycles. The van der Waals surface area contributed by atoms with Gasteiger partial charge in [0.1, 0.15) is 0 Å². The van der Waals surface area contributed by atoms with Gasteiger partial charge in [0.25, 0.3) is 5.56 Å². The highest BCUT2D eigenvalue weighted by molar-refractivity contribution is 7.53. The number of aliphatic hydroxyl groups excluding tert-OH is 1. The molecule has 0 spiro atoms. The summed E-state index contributed by atoms with van der Waals surface area (Å²) in [7, 11) is -3.76. The van der Waals surface area contributed by atoms with Crippen LogP contribution >= 0.6 is 7.60 Å². The van der Waals surface area contributed by atoms with Crippen LogP contribution in [0.4, 0.5) is 4.39 Å². The van der Waals surface area contributed by atoms with Crippen LogP contribution in [-0.4, -0.2) is 52.1 Å². The molecule has 1 aromatic heterocycles. The summed E-state index contributed by atoms with van der Waals surface area (Å²) in [5, 5.41) is 8.68. The Kier molecular flexibility index (Phi) is 20.2. The molecule has 1 unspecified atom stereocenters. The molecule has 9 nitrogen and oxygen atoms in total. The van der Waals surface area contributed by atoms with E-state index in [0.717, 1.165) is 49.5 Å². The number of rotatable bonds is 25. The maximum absolute atomic E-state index is 13.2. The lowest BCUT2D eigenvalue weighted by Gasteiger charge is -2.10. The molecule has 11 heteroatoms. The molecule has 3 N–H and O–H groups in total. The number of halogens is 1. The van der Waals surface area contributed by atoms with Crippen molar-refractivity contribution in [1.29, 1.82) is 0 Å². The van der Waals surface area contributed by atoms with Gasteiger partial charge >= 0.3 is 13.3 Å². The zero-order valence-electron chi connectivity index (χ0n) is 22.8. The van der Waals surface area contributed by atoms with Gasteiger partial charge in [-0.1, -0.05) is 89.2 Å². The Morgan fingerprint density at radius 3 is 1.87 bits per heavy atom. The molecule has 1 atom stereocenters. The largest absolute Gasteiger partial charge is 0.396 e. The van der Waals surface area contributed by atoms with Crippen LogP contribution in [0.25, 0.3) is 0 Å². The molecule has 0 saturated carbocycles. The van der Waals surface area contributed by atoms with Crippen LogP contribution < -0.4 is 11.2 Å². The monoisotopic (exact) mass is 562 g/mol. The highest BCUT2D eigenvalue weighted by atomic mass is 31.2. The Labute approximate surface area is 226 Å². The second-order valence-corrected chi connectivity index (χ2v) is 11.6. The van der Waals surface area contributed by atoms with Crippen molar-refractivity contribution in [2.75, 3.05) is 32.6 Å². The molecule has 0 aliphatic carbocycles. The predicted molar refractivity (Wildman–Crippen MR) is 148 cm³/mol. The van der Waals surface area contributed by atoms with Gasteiger partial charge in [0, 0.05) is 26.4 Å². The van der Waals surface area contributed by atoms with Crippen molar-refractivity contribution in [3.05, 3.63) is 45.0 Å². The molecule has 220 valence electrons. The van der Waals surface area contributed by atoms with E-state index in [4.69, 9.17) is 14.4 Å². The van der Waals surface area contributed by atoms with Crippen LogP contribution in [0.2, 0.25) is 0 Å². The summed E-state index contributed by atoms with van der Waals surface area (Å²) in [4.78, 5) is 34.3. The predicted octanol–water partition coefficient (Wildman–Crippen LogP) is 5.29. The number of H-pyrrole nitrogens is 1. The first-order valence-corrected chi connectivity index (χ1v) is 15.9. The Hall–Kier alpha value is -1.58. The summed E-state index contributed by atoms with van der Waals surface area (Å²) in [6.07, 6.45) is 20.8. The number of allylic oxidation sites excluding steroid dienone is 2. The first-order chi connectivity index (χ1) is 18.4. The van der Waals surface area contributed by atoms with E-state index in [1.165, 1.54) is 76.4 Å². The molecule has 0 amide bonds. The number of aromatic amines is 1. The summed E-state index contributed by atoms with van der Waals surface area (Å²) in [5.74, 6) is -1.07. The lowest BCUT2D eigenvalue weighted by molar-refractivity contribution is 0.112. The summed E-state index contributed by atoms with van der Waals surface area (Å²) < 4.78 is 36.8. The quantitative estimate of drug-likeness (QED) is 0.0838. The van der Waals surface area contributed by atoms with E-state index in [0.29, 0.717) is 6.61 Å². The molecule has 38 heavy (non-hydrogen) atoms. The van der Waals surface area contributed by atoms with Crippen molar-refractivity contribution >= 4 is 7.60 Å². The minimum absolute atomic E-state index is 0.0312. The molecule has 0 bridgehead atoms. The van der Waals surface area contributed by atoms with E-state index in [-0.39, 0.29) is 25.9 Å². The second kappa shape index (κ2) is 22.3. The SMILES string of the molecule is O=c1[nH]c(=O)n(C/C=C/CP(=O)(O)OCCCCCCCCCCCCCCCCOCCCO)cc1F. The van der Waals surface area contributed by atoms with Crippen molar-refractivity contribution < 1.29 is 28.2 Å². The second-order valence-electron chi connectivity index (χ2n) is 9.65. The normalized spacial score (nSPS) is 13.3. The summed E-state index contributed by atoms with van der Waals surface area (Å²) in [6.45, 7) is 1.87. The maximum Gasteiger partial charge on any atom is 0.331 e. The molecular weight excluding hydrogens is 514 g/mol. The lowest BCUT2D eigenvalue weighted by Crippen LogP contribution is -2.31. The molecule has 0 radical (unpaired) electrons. The van der Waals surface area contributed by atoms with Gasteiger partial charge in [-0.25, -0.2) is 4.79 Å². The first kappa shape index (κ1) is 34.4. The number of nitrogens with one attached hydrogen (secondary N) is 1. The number of aliphatic hydroxyl groups is 1. The van der Waals surface area contributed by atoms with Gasteiger partial charge < -0.3 is 19.3 Å². The average Bonchev–Trinajstić information content (AvgIpc) is 2.88. The third-order valence-electron chi connectivity index (χ3n) is 6.20. The molecule has 1 heterocycles. The van der Waals surface area contributed by atoms with E-state index >= 15 is 0 Å². The Morgan fingerprint density at radius 1 is 0.816 bits per heavy atom. The van der Waals surface area contributed by atoms with Crippen molar-refractivity contribution in [3.63, 3.8) is 0 Å². The van der Waals surface area contributed by atoms with Gasteiger partial charge in [-0.05, 0) is 19.3 Å². The Balaban J connectivity index is 1.90. The van der Waals surface area contributed by atoms with Gasteiger partial charge in [-0.3, -0.25) is 18.9 Å². The third-order valence-corrected chi connectivity index (χ3v) is 7.45. The van der Waals surface area contributed by atoms with Gasteiger partial charge in [0.2, 0.25) is 5.82 Å². The molecular formula is C27H48FN2O7P. The van der Waals surface area contributed by atoms with E-state index in [2.05, 4.69) is 0 Å². The standard InChI is InChI=1S/C27H48FN2O7P/c28-25-24-30(27(33)29-26(25)32)18-13-16-23-38(34,35)37-22-15-12-10-8-6-4-2-1-3-5-7-9-11-14-20-36-21-17-19-31/h13,16,24,31H,1-12,14-15,17-23H2,(H,34,35)(H,29,32,33)/b16-13+. The highest BCUT2D eigenvalue weighted by Gasteiger charge is 2.16. The number of nitrogens with zero attached hydrogens (tertiary/aromatic N) is 1. The molecule has 1 aromatic rings. The fraction of sp³-hybridized carbons (Fsp3) is 0.778. The van der Waals surface area contributed by atoms with Gasteiger partial charge in [-0.15, -0.1) is 0 Å². The van der Waals surface area contributed by atoms with Crippen molar-refractivity contribution in [1.82, 2.24) is 9.55 Å². The first-order valence-electron chi connectivity index (χ1n) is 14.1. The van der Waals surface area contributed by atoms with E-state index in [1.54, 1.807) is 0 Å². The third kappa shape index (κ3) is 18.6. The summed E-state index contributed by atoms with van der Waals surface area (Å²) in [5.41, 5.74) is -1.83. The molecule has 0 saturated heterocycles. The molecule has 0 aromatic carbocycles. The minimum Gasteiger partial charge on any atom is -0.396 e. The minimum atomic E-state index is -3.76. The van der Waals surface area contributed by atoms with Crippen LogP contribution in [0.5, 0.6) is 0 Å². The number of ether oxygens (including phenoxy) is 1. The zero-order chi connectivity index (χ0) is 27.9. The number of unbranched alkanes of at least 4 members (excludes halogenated alkanes) is 13. The number of hydrogen-bond donors (Lipinski definition) is 3. The smallest absolute Gasteiger partial charge is 0.331 e. The van der Waals surface area contributed by atoms with Crippen molar-refractivity contribution in [3.8, 4) is 0 Å². The van der Waals surface area contributed by atoms with Crippen LogP contribution in [0, 0.1) is 5.82 Å². The Morgan fingerprint density at radius 2 is 1.32 bits per heavy atom. The van der Waals surface area contributed by atoms with Crippen molar-refractivity contribution in [2.24, 2.45) is 0 Å². The van der Waals surface area contributed by atoms with Crippen LogP contribution in [0.15, 0.2) is 27.9 Å². The summed E-state index contributed by atoms with van der Waals surface area (Å²) in [6, 6.07) is 0. The average molecular weight is 563 g/mol. The van der Waals surface area contributed by atoms with Gasteiger partial charge in [0.15, 0.2) is 0 Å². The summed E-state index contributed by atoms with van der Waals surface area (Å²) >= 11 is 0. The van der Waals surface area contributed by atoms with Crippen LogP contribution in [0.3, 0.4) is 0 Å². The Bertz CT molecular complexity index is 919. The van der Waals surface area contributed by atoms with Crippen molar-refractivity contribution in [2.45, 2.75) is 103 Å². The van der Waals surface area contributed by atoms with E-state index in [9.17, 15) is 23.4 Å². The van der Waals surface area contributed by atoms with Gasteiger partial charge in [-0.2, -0.15) is 4.39 Å². The fourth-order valence-corrected chi connectivity index (χ4v) is 4.91. The molecule has 0 aliphatic rings. The van der Waals surface area contributed by atoms with E-state index in [1.807, 2.05) is 4.98 Å². The van der Waals surface area contributed by atoms with Gasteiger partial charge in [0.05, 0.1) is 19.0 Å². The molecule has 0 fully saturated rings. The van der Waals surface area contributed by atoms with Crippen LogP contribution in [-0.2, 0) is 20.4 Å². The fourth-order valence-electron chi connectivity index (χ4n) is 3.97.